The van der Waals surface area contributed by atoms with Gasteiger partial charge in [0.05, 0.1) is 22.2 Å². The smallest absolute Gasteiger partial charge is 0.252 e. The summed E-state index contributed by atoms with van der Waals surface area (Å²) in [6, 6.07) is 88.1. The molecule has 13 aromatic rings. The topological polar surface area (TPSA) is 19.4 Å². The third kappa shape index (κ3) is 9.38. The van der Waals surface area contributed by atoms with Crippen molar-refractivity contribution < 1.29 is 0 Å². The number of hydrogen-bond donors (Lipinski definition) is 0. The maximum absolute atomic E-state index is 2.90. The molecule has 0 amide bonds. The summed E-state index contributed by atoms with van der Waals surface area (Å²) < 4.78 is 2.71. The second kappa shape index (κ2) is 25.0. The van der Waals surface area contributed by atoms with E-state index in [2.05, 4.69) is 359 Å². The van der Waals surface area contributed by atoms with E-state index in [1.54, 1.807) is 11.1 Å². The third-order valence-electron chi connectivity index (χ3n) is 37.8. The average Bonchev–Trinajstić information content (AvgIpc) is 1.47. The molecule has 0 bridgehead atoms. The highest BCUT2D eigenvalue weighted by Gasteiger charge is 2.66. The van der Waals surface area contributed by atoms with Gasteiger partial charge in [-0.05, 0) is 312 Å². The lowest BCUT2D eigenvalue weighted by atomic mass is 9.33. The normalized spacial score (nSPS) is 27.1. The van der Waals surface area contributed by atoms with Crippen LogP contribution in [0.5, 0.6) is 0 Å². The SMILES string of the molecule is Cc1cc2c3c(c1)N1c4c(cccc4C4(C)CCCCC14C)B3c1ccc(N3c4ccc(C(C)(C)C)cc4C4(C)CCCCC34C)cc1N2c1ccc2sc3cc(CC(C)(C)c4ccc5c(c4)C4(C)CCCCC4(C)N5c4ccc5c(c4)N(c4ccc6c(c4)-c4ccccc4C6(C)C)c4cc(C)cc6c4B5c4cccc5c4N6C4(C)CCCCC54C)ccc3c2c1. The van der Waals surface area contributed by atoms with Crippen LogP contribution in [0.4, 0.5) is 79.6 Å². The van der Waals surface area contributed by atoms with Gasteiger partial charge in [0.15, 0.2) is 0 Å². The molecule has 126 heavy (non-hydrogen) atoms. The first kappa shape index (κ1) is 77.0. The molecule has 0 spiro atoms. The average molecular weight is 1660 g/mol. The summed E-state index contributed by atoms with van der Waals surface area (Å²) in [5.74, 6) is 0. The van der Waals surface area contributed by atoms with E-state index in [1.807, 2.05) is 11.3 Å². The minimum Gasteiger partial charge on any atom is -0.335 e. The third-order valence-corrected chi connectivity index (χ3v) is 38.9. The monoisotopic (exact) mass is 1660 g/mol. The number of anilines is 14. The minimum atomic E-state index is -0.168. The molecule has 630 valence electrons. The van der Waals surface area contributed by atoms with E-state index in [-0.39, 0.29) is 73.5 Å². The van der Waals surface area contributed by atoms with Gasteiger partial charge in [-0.15, -0.1) is 11.3 Å². The van der Waals surface area contributed by atoms with Crippen LogP contribution in [0.1, 0.15) is 268 Å². The number of rotatable bonds is 7. The summed E-state index contributed by atoms with van der Waals surface area (Å²) in [4.78, 5) is 17.0. The molecule has 0 radical (unpaired) electrons. The molecule has 8 atom stereocenters. The molecular weight excluding hydrogens is 1540 g/mol. The standard InChI is InChI=1S/C117H120B2N6S/c1-70-58-97-103-99(60-70)124-105-85(110(10)50-20-26-56-116(110,124)16)32-28-34-91(105)118(103)89-45-41-78(67-95(89)120(97)75-39-44-84-81(65-75)79-30-18-19-31-83(79)109(84,8)9)123-94-48-38-74(64-88(94)113(13)53-23-25-55-115(113,123)15)108(6,7)69-72-36-43-80-82-66-76(42-49-101(82)126-102(80)62-72)121-96-68-77(122-93-47-37-73(107(3,4)5)63-87(93)112(12)52-22-24-54-114(112,122)14)40-46-90(96)119-92-35-29-33-86-106(92)125(100-61-71(2)59-98(121)104(100)119)117(17)57-27-21-51-111(86,117)11/h18-19,28-49,58-68H,20-27,50-57,69H2,1-17H3. The Morgan fingerprint density at radius 2 is 0.762 bits per heavy atom. The number of nitrogens with zero attached hydrogens (tertiary/aromatic N) is 6. The van der Waals surface area contributed by atoms with Gasteiger partial charge in [0, 0.05) is 127 Å². The van der Waals surface area contributed by atoms with Crippen LogP contribution in [0.25, 0.3) is 31.3 Å². The molecule has 13 aliphatic rings. The van der Waals surface area contributed by atoms with Crippen LogP contribution in [0.3, 0.4) is 0 Å². The van der Waals surface area contributed by atoms with Gasteiger partial charge in [-0.25, -0.2) is 0 Å². The first-order valence-electron chi connectivity index (χ1n) is 48.5. The van der Waals surface area contributed by atoms with Gasteiger partial charge < -0.3 is 29.4 Å². The summed E-state index contributed by atoms with van der Waals surface area (Å²) in [5.41, 5.74) is 45.6. The van der Waals surface area contributed by atoms with Gasteiger partial charge >= 0.3 is 0 Å². The lowest BCUT2D eigenvalue weighted by molar-refractivity contribution is 0.194. The van der Waals surface area contributed by atoms with Crippen molar-refractivity contribution in [1.29, 1.82) is 0 Å². The van der Waals surface area contributed by atoms with Crippen LogP contribution in [0, 0.1) is 13.8 Å². The molecule has 1 aromatic heterocycles. The fourth-order valence-electron chi connectivity index (χ4n) is 30.3. The van der Waals surface area contributed by atoms with Gasteiger partial charge in [0.25, 0.3) is 13.4 Å². The van der Waals surface area contributed by atoms with Crippen molar-refractivity contribution in [3.63, 3.8) is 0 Å². The van der Waals surface area contributed by atoms with Crippen molar-refractivity contribution >= 4 is 157 Å². The van der Waals surface area contributed by atoms with E-state index in [9.17, 15) is 0 Å². The van der Waals surface area contributed by atoms with E-state index < -0.39 is 0 Å². The number of aryl methyl sites for hydroxylation is 2. The van der Waals surface area contributed by atoms with E-state index in [0.717, 1.165) is 25.7 Å². The summed E-state index contributed by atoms with van der Waals surface area (Å²) in [6.45, 7) is 43.0. The van der Waals surface area contributed by atoms with Crippen LogP contribution >= 0.6 is 11.3 Å². The summed E-state index contributed by atoms with van der Waals surface area (Å²) in [5, 5.41) is 2.68. The Labute approximate surface area is 753 Å². The predicted octanol–water partition coefficient (Wildman–Crippen LogP) is 27.0. The lowest BCUT2D eigenvalue weighted by Crippen LogP contribution is -2.64. The van der Waals surface area contributed by atoms with Crippen molar-refractivity contribution in [2.75, 3.05) is 29.4 Å². The molecule has 12 aromatic carbocycles. The van der Waals surface area contributed by atoms with Crippen molar-refractivity contribution in [3.05, 3.63) is 274 Å². The maximum Gasteiger partial charge on any atom is 0.252 e. The zero-order valence-corrected chi connectivity index (χ0v) is 78.3. The Bertz CT molecular complexity index is 7060. The van der Waals surface area contributed by atoms with E-state index in [4.69, 9.17) is 0 Å². The summed E-state index contributed by atoms with van der Waals surface area (Å²) in [6.07, 6.45) is 20.4. The number of benzene rings is 12. The number of hydrogen-bond acceptors (Lipinski definition) is 7. The summed E-state index contributed by atoms with van der Waals surface area (Å²) in [7, 11) is 0. The first-order valence-corrected chi connectivity index (χ1v) is 49.3. The molecule has 8 aliphatic heterocycles. The van der Waals surface area contributed by atoms with Crippen LogP contribution in [0.2, 0.25) is 0 Å². The van der Waals surface area contributed by atoms with E-state index in [0.29, 0.717) is 0 Å². The molecule has 6 nitrogen and oxygen atoms in total. The summed E-state index contributed by atoms with van der Waals surface area (Å²) >= 11 is 1.98. The van der Waals surface area contributed by atoms with Crippen LogP contribution in [-0.4, -0.2) is 35.6 Å². The molecule has 4 saturated carbocycles. The zero-order valence-electron chi connectivity index (χ0n) is 77.5. The highest BCUT2D eigenvalue weighted by Crippen LogP contribution is 2.68. The molecular formula is C117H120B2N6S. The van der Waals surface area contributed by atoms with Gasteiger partial charge in [0.2, 0.25) is 0 Å². The molecule has 26 rings (SSSR count). The molecule has 0 N–H and O–H groups in total. The maximum atomic E-state index is 2.90. The molecule has 4 fully saturated rings. The van der Waals surface area contributed by atoms with Crippen molar-refractivity contribution in [2.24, 2.45) is 0 Å². The fourth-order valence-corrected chi connectivity index (χ4v) is 31.5. The van der Waals surface area contributed by atoms with Crippen LogP contribution in [0.15, 0.2) is 212 Å². The van der Waals surface area contributed by atoms with Crippen molar-refractivity contribution in [2.45, 2.75) is 287 Å². The predicted molar refractivity (Wildman–Crippen MR) is 538 cm³/mol. The van der Waals surface area contributed by atoms with Crippen LogP contribution in [-0.2, 0) is 44.3 Å². The van der Waals surface area contributed by atoms with Gasteiger partial charge in [-0.3, -0.25) is 0 Å². The Morgan fingerprint density at radius 3 is 1.29 bits per heavy atom. The highest BCUT2D eigenvalue weighted by atomic mass is 32.1. The molecule has 9 heterocycles. The van der Waals surface area contributed by atoms with Gasteiger partial charge in [-0.1, -0.05) is 243 Å². The fraction of sp³-hybridized carbons (Fsp3) is 0.385. The lowest BCUT2D eigenvalue weighted by Gasteiger charge is -2.53. The van der Waals surface area contributed by atoms with Gasteiger partial charge in [0.1, 0.15) is 0 Å². The second-order valence-corrected chi connectivity index (χ2v) is 46.9. The van der Waals surface area contributed by atoms with Crippen LogP contribution < -0.4 is 62.2 Å². The number of fused-ring (bicyclic) bond motifs is 26. The first-order chi connectivity index (χ1) is 60.3. The second-order valence-electron chi connectivity index (χ2n) is 45.8. The Morgan fingerprint density at radius 1 is 0.317 bits per heavy atom. The van der Waals surface area contributed by atoms with Crippen molar-refractivity contribution in [1.82, 2.24) is 0 Å². The minimum absolute atomic E-state index is 0.00426. The van der Waals surface area contributed by atoms with Crippen molar-refractivity contribution in [3.8, 4) is 11.1 Å². The largest absolute Gasteiger partial charge is 0.335 e. The Balaban J connectivity index is 0.579. The Hall–Kier alpha value is -10.2. The van der Waals surface area contributed by atoms with E-state index >= 15 is 0 Å². The van der Waals surface area contributed by atoms with Gasteiger partial charge in [-0.2, -0.15) is 0 Å². The molecule has 8 unspecified atom stereocenters. The Kier molecular flexibility index (Phi) is 15.3. The zero-order chi connectivity index (χ0) is 86.0. The molecule has 9 heteroatoms. The molecule has 0 saturated heterocycles. The quantitative estimate of drug-likeness (QED) is 0.147. The van der Waals surface area contributed by atoms with E-state index in [1.165, 1.54) is 277 Å². The molecule has 5 aliphatic carbocycles. The number of thiophene rings is 1. The number of para-hydroxylation sites is 2. The highest BCUT2D eigenvalue weighted by molar-refractivity contribution is 7.25.